The summed E-state index contributed by atoms with van der Waals surface area (Å²) in [4.78, 5) is 24.8. The molecule has 1 aromatic carbocycles. The lowest BCUT2D eigenvalue weighted by molar-refractivity contribution is -0.170. The number of hydrogen-bond acceptors (Lipinski definition) is 4. The summed E-state index contributed by atoms with van der Waals surface area (Å²) < 4.78 is 10.4. The molecule has 0 radical (unpaired) electrons. The van der Waals surface area contributed by atoms with Crippen molar-refractivity contribution in [3.05, 3.63) is 35.9 Å². The van der Waals surface area contributed by atoms with Crippen molar-refractivity contribution in [1.29, 1.82) is 0 Å². The first-order valence-corrected chi connectivity index (χ1v) is 7.83. The Hall–Kier alpha value is -1.84. The number of carbonyl (C=O) groups is 2. The second-order valence-corrected chi connectivity index (χ2v) is 6.75. The topological polar surface area (TPSA) is 52.6 Å². The zero-order valence-corrected chi connectivity index (χ0v) is 13.1. The summed E-state index contributed by atoms with van der Waals surface area (Å²) in [6.07, 6.45) is 2.59. The minimum atomic E-state index is -0.750. The number of esters is 2. The summed E-state index contributed by atoms with van der Waals surface area (Å²) in [5.41, 5.74) is 0.205. The maximum atomic E-state index is 12.5. The fourth-order valence-electron chi connectivity index (χ4n) is 3.74. The van der Waals surface area contributed by atoms with Crippen LogP contribution in [0.4, 0.5) is 0 Å². The summed E-state index contributed by atoms with van der Waals surface area (Å²) in [5.74, 6) is 0.184. The molecule has 3 rings (SSSR count). The van der Waals surface area contributed by atoms with E-state index in [4.69, 9.17) is 9.47 Å². The highest BCUT2D eigenvalue weighted by Crippen LogP contribution is 2.58. The van der Waals surface area contributed by atoms with Crippen LogP contribution >= 0.6 is 0 Å². The predicted molar refractivity (Wildman–Crippen MR) is 80.7 cm³/mol. The second kappa shape index (κ2) is 5.75. The van der Waals surface area contributed by atoms with E-state index in [0.29, 0.717) is 11.8 Å². The standard InChI is InChI=1S/C18H22O4/c1-18(17(20)21-2)10-14-8-13(14)9-15(18)16(19)22-11-12-6-4-3-5-7-12/h3-7,13-15H,8-11H2,1-2H3/t13?,14?,15-,18-/m0/s1. The van der Waals surface area contributed by atoms with Gasteiger partial charge in [0.1, 0.15) is 6.61 Å². The van der Waals surface area contributed by atoms with E-state index in [1.165, 1.54) is 7.11 Å². The smallest absolute Gasteiger partial charge is 0.312 e. The van der Waals surface area contributed by atoms with Crippen molar-refractivity contribution in [3.8, 4) is 0 Å². The second-order valence-electron chi connectivity index (χ2n) is 6.75. The van der Waals surface area contributed by atoms with Gasteiger partial charge in [-0.25, -0.2) is 0 Å². The van der Waals surface area contributed by atoms with Crippen LogP contribution in [-0.2, 0) is 25.7 Å². The molecule has 4 nitrogen and oxygen atoms in total. The van der Waals surface area contributed by atoms with Crippen LogP contribution in [0.15, 0.2) is 30.3 Å². The van der Waals surface area contributed by atoms with Gasteiger partial charge < -0.3 is 9.47 Å². The third-order valence-electron chi connectivity index (χ3n) is 5.22. The van der Waals surface area contributed by atoms with E-state index in [1.54, 1.807) is 0 Å². The summed E-state index contributed by atoms with van der Waals surface area (Å²) in [5, 5.41) is 0. The Balaban J connectivity index is 1.70. The number of benzene rings is 1. The molecule has 0 aromatic heterocycles. The average molecular weight is 302 g/mol. The van der Waals surface area contributed by atoms with Gasteiger partial charge in [-0.3, -0.25) is 9.59 Å². The van der Waals surface area contributed by atoms with Crippen molar-refractivity contribution in [3.63, 3.8) is 0 Å². The molecule has 2 unspecified atom stereocenters. The molecule has 0 bridgehead atoms. The van der Waals surface area contributed by atoms with E-state index < -0.39 is 11.3 Å². The maximum absolute atomic E-state index is 12.5. The summed E-state index contributed by atoms with van der Waals surface area (Å²) in [7, 11) is 1.39. The van der Waals surface area contributed by atoms with Crippen molar-refractivity contribution in [2.75, 3.05) is 7.11 Å². The van der Waals surface area contributed by atoms with Gasteiger partial charge >= 0.3 is 11.9 Å². The van der Waals surface area contributed by atoms with Crippen molar-refractivity contribution in [2.45, 2.75) is 32.8 Å². The normalized spacial score (nSPS) is 32.7. The predicted octanol–water partition coefficient (Wildman–Crippen LogP) is 2.96. The van der Waals surface area contributed by atoms with Gasteiger partial charge in [0, 0.05) is 0 Å². The van der Waals surface area contributed by atoms with Gasteiger partial charge in [0.25, 0.3) is 0 Å². The van der Waals surface area contributed by atoms with Crippen LogP contribution < -0.4 is 0 Å². The molecule has 4 atom stereocenters. The first kappa shape index (κ1) is 15.1. The Morgan fingerprint density at radius 3 is 2.59 bits per heavy atom. The number of ether oxygens (including phenoxy) is 2. The van der Waals surface area contributed by atoms with E-state index >= 15 is 0 Å². The van der Waals surface area contributed by atoms with Crippen molar-refractivity contribution in [1.82, 2.24) is 0 Å². The van der Waals surface area contributed by atoms with Crippen LogP contribution in [0.25, 0.3) is 0 Å². The number of rotatable bonds is 4. The van der Waals surface area contributed by atoms with Crippen LogP contribution in [0.1, 0.15) is 31.7 Å². The summed E-state index contributed by atoms with van der Waals surface area (Å²) in [6, 6.07) is 9.59. The number of methoxy groups -OCH3 is 1. The van der Waals surface area contributed by atoms with Gasteiger partial charge in [0.05, 0.1) is 18.4 Å². The highest BCUT2D eigenvalue weighted by molar-refractivity contribution is 5.85. The zero-order valence-electron chi connectivity index (χ0n) is 13.1. The molecule has 2 aliphatic rings. The molecule has 2 fully saturated rings. The van der Waals surface area contributed by atoms with Crippen LogP contribution in [-0.4, -0.2) is 19.0 Å². The van der Waals surface area contributed by atoms with Crippen molar-refractivity contribution < 1.29 is 19.1 Å². The van der Waals surface area contributed by atoms with Crippen molar-refractivity contribution >= 4 is 11.9 Å². The molecular formula is C18H22O4. The Labute approximate surface area is 130 Å². The first-order chi connectivity index (χ1) is 10.5. The maximum Gasteiger partial charge on any atom is 0.312 e. The highest BCUT2D eigenvalue weighted by Gasteiger charge is 2.58. The Bertz CT molecular complexity index is 568. The SMILES string of the molecule is COC(=O)[C@@]1(C)CC2CC2C[C@H]1C(=O)OCc1ccccc1. The van der Waals surface area contributed by atoms with Gasteiger partial charge in [0.15, 0.2) is 0 Å². The third-order valence-corrected chi connectivity index (χ3v) is 5.22. The molecule has 118 valence electrons. The van der Waals surface area contributed by atoms with Crippen LogP contribution in [0.3, 0.4) is 0 Å². The van der Waals surface area contributed by atoms with E-state index in [0.717, 1.165) is 24.8 Å². The van der Waals surface area contributed by atoms with Crippen LogP contribution in [0, 0.1) is 23.2 Å². The first-order valence-electron chi connectivity index (χ1n) is 7.83. The minimum Gasteiger partial charge on any atom is -0.469 e. The van der Waals surface area contributed by atoms with E-state index in [9.17, 15) is 9.59 Å². The van der Waals surface area contributed by atoms with Crippen molar-refractivity contribution in [2.24, 2.45) is 23.2 Å². The number of hydrogen-bond donors (Lipinski definition) is 0. The molecular weight excluding hydrogens is 280 g/mol. The molecule has 1 aromatic rings. The Kier molecular flexibility index (Phi) is 3.94. The monoisotopic (exact) mass is 302 g/mol. The third kappa shape index (κ3) is 2.74. The van der Waals surface area contributed by atoms with Gasteiger partial charge in [-0.05, 0) is 43.6 Å². The molecule has 0 aliphatic heterocycles. The molecule has 2 aliphatic carbocycles. The summed E-state index contributed by atoms with van der Waals surface area (Å²) >= 11 is 0. The van der Waals surface area contributed by atoms with E-state index in [2.05, 4.69) is 0 Å². The fourth-order valence-corrected chi connectivity index (χ4v) is 3.74. The van der Waals surface area contributed by atoms with Crippen LogP contribution in [0.2, 0.25) is 0 Å². The van der Waals surface area contributed by atoms with Gasteiger partial charge in [0.2, 0.25) is 0 Å². The van der Waals surface area contributed by atoms with E-state index in [1.807, 2.05) is 37.3 Å². The molecule has 0 spiro atoms. The quantitative estimate of drug-likeness (QED) is 0.802. The lowest BCUT2D eigenvalue weighted by Crippen LogP contribution is -2.44. The molecule has 0 saturated heterocycles. The van der Waals surface area contributed by atoms with E-state index in [-0.39, 0.29) is 18.5 Å². The van der Waals surface area contributed by atoms with Gasteiger partial charge in [-0.2, -0.15) is 0 Å². The number of fused-ring (bicyclic) bond motifs is 1. The molecule has 4 heteroatoms. The Morgan fingerprint density at radius 2 is 1.91 bits per heavy atom. The average Bonchev–Trinajstić information content (AvgIpc) is 3.29. The molecule has 0 N–H and O–H groups in total. The molecule has 22 heavy (non-hydrogen) atoms. The number of carbonyl (C=O) groups excluding carboxylic acids is 2. The lowest BCUT2D eigenvalue weighted by atomic mass is 9.67. The van der Waals surface area contributed by atoms with Crippen LogP contribution in [0.5, 0.6) is 0 Å². The fraction of sp³-hybridized carbons (Fsp3) is 0.556. The molecule has 0 heterocycles. The van der Waals surface area contributed by atoms with Gasteiger partial charge in [-0.1, -0.05) is 30.3 Å². The molecule has 0 amide bonds. The lowest BCUT2D eigenvalue weighted by Gasteiger charge is -2.37. The summed E-state index contributed by atoms with van der Waals surface area (Å²) in [6.45, 7) is 2.10. The highest BCUT2D eigenvalue weighted by atomic mass is 16.5. The molecule has 2 saturated carbocycles. The largest absolute Gasteiger partial charge is 0.469 e. The minimum absolute atomic E-state index is 0.252. The van der Waals surface area contributed by atoms with Gasteiger partial charge in [-0.15, -0.1) is 0 Å². The Morgan fingerprint density at radius 1 is 1.18 bits per heavy atom. The zero-order chi connectivity index (χ0) is 15.7.